The number of nitrogens with zero attached hydrogens (tertiary/aromatic N) is 2. The molecule has 3 N–H and O–H groups in total. The van der Waals surface area contributed by atoms with Crippen molar-refractivity contribution in [2.75, 3.05) is 23.8 Å². The van der Waals surface area contributed by atoms with Crippen LogP contribution in [-0.2, 0) is 6.18 Å². The highest BCUT2D eigenvalue weighted by molar-refractivity contribution is 5.88. The minimum Gasteiger partial charge on any atom is -0.396 e. The number of halogens is 3. The molecular formula is C25H27F3N4O2. The normalized spacial score (nSPS) is 12.7. The Morgan fingerprint density at radius 1 is 1.21 bits per heavy atom. The third-order valence-corrected chi connectivity index (χ3v) is 4.59. The van der Waals surface area contributed by atoms with E-state index in [2.05, 4.69) is 35.4 Å². The van der Waals surface area contributed by atoms with Crippen molar-refractivity contribution < 1.29 is 18.3 Å². The van der Waals surface area contributed by atoms with Crippen LogP contribution < -0.4 is 16.1 Å². The molecule has 2 rings (SSSR count). The Morgan fingerprint density at radius 2 is 1.91 bits per heavy atom. The quantitative estimate of drug-likeness (QED) is 0.298. The minimum absolute atomic E-state index is 0.0809. The van der Waals surface area contributed by atoms with Gasteiger partial charge >= 0.3 is 6.18 Å². The van der Waals surface area contributed by atoms with E-state index in [1.807, 2.05) is 0 Å². The van der Waals surface area contributed by atoms with Crippen molar-refractivity contribution in [3.63, 3.8) is 0 Å². The van der Waals surface area contributed by atoms with Gasteiger partial charge in [-0.05, 0) is 43.7 Å². The number of pyridine rings is 2. The summed E-state index contributed by atoms with van der Waals surface area (Å²) < 4.78 is 43.5. The molecule has 2 heterocycles. The molecule has 0 aliphatic heterocycles. The van der Waals surface area contributed by atoms with E-state index in [4.69, 9.17) is 5.11 Å². The Balaban J connectivity index is 3.06. The maximum Gasteiger partial charge on any atom is 0.417 e. The van der Waals surface area contributed by atoms with Gasteiger partial charge in [0.15, 0.2) is 11.1 Å². The first-order valence-electron chi connectivity index (χ1n) is 10.4. The van der Waals surface area contributed by atoms with Gasteiger partial charge in [-0.25, -0.2) is 4.98 Å². The van der Waals surface area contributed by atoms with Crippen molar-refractivity contribution in [1.29, 1.82) is 0 Å². The molecule has 2 aromatic rings. The molecule has 0 spiro atoms. The van der Waals surface area contributed by atoms with Crippen molar-refractivity contribution in [2.24, 2.45) is 0 Å². The summed E-state index contributed by atoms with van der Waals surface area (Å²) in [6, 6.07) is 1.89. The predicted molar refractivity (Wildman–Crippen MR) is 133 cm³/mol. The molecule has 0 fully saturated rings. The summed E-state index contributed by atoms with van der Waals surface area (Å²) in [6.45, 7) is 12.8. The first kappa shape index (κ1) is 26.4. The number of fused-ring (bicyclic) bond motifs is 1. The number of rotatable bonds is 11. The summed E-state index contributed by atoms with van der Waals surface area (Å²) in [5, 5.41) is 14.2. The van der Waals surface area contributed by atoms with E-state index in [-0.39, 0.29) is 30.4 Å². The number of alkyl halides is 3. The van der Waals surface area contributed by atoms with Gasteiger partial charge in [-0.15, -0.1) is 0 Å². The number of nitrogens with one attached hydrogen (secondary N) is 2. The van der Waals surface area contributed by atoms with Crippen molar-refractivity contribution in [1.82, 2.24) is 9.55 Å². The fraction of sp³-hybridized carbons (Fsp3) is 0.200. The Labute approximate surface area is 195 Å². The van der Waals surface area contributed by atoms with Crippen LogP contribution in [0.4, 0.5) is 24.8 Å². The van der Waals surface area contributed by atoms with Gasteiger partial charge < -0.3 is 15.7 Å². The molecular weight excluding hydrogens is 445 g/mol. The van der Waals surface area contributed by atoms with E-state index in [0.717, 1.165) is 12.1 Å². The number of anilines is 2. The van der Waals surface area contributed by atoms with Crippen molar-refractivity contribution >= 4 is 28.4 Å². The average Bonchev–Trinajstić information content (AvgIpc) is 2.78. The molecule has 0 aliphatic carbocycles. The lowest BCUT2D eigenvalue weighted by atomic mass is 10.1. The molecule has 34 heavy (non-hydrogen) atoms. The average molecular weight is 473 g/mol. The van der Waals surface area contributed by atoms with E-state index in [0.29, 0.717) is 17.8 Å². The van der Waals surface area contributed by atoms with Crippen LogP contribution in [0.25, 0.3) is 16.7 Å². The number of hydrogen-bond acceptors (Lipinski definition) is 5. The van der Waals surface area contributed by atoms with Crippen molar-refractivity contribution in [3.8, 4) is 0 Å². The lowest BCUT2D eigenvalue weighted by Gasteiger charge is -2.21. The van der Waals surface area contributed by atoms with Crippen LogP contribution in [0.1, 0.15) is 18.9 Å². The van der Waals surface area contributed by atoms with E-state index in [9.17, 15) is 18.0 Å². The lowest BCUT2D eigenvalue weighted by Crippen LogP contribution is -2.20. The summed E-state index contributed by atoms with van der Waals surface area (Å²) in [6.07, 6.45) is 6.50. The van der Waals surface area contributed by atoms with Gasteiger partial charge in [0.25, 0.3) is 0 Å². The first-order chi connectivity index (χ1) is 16.2. The second-order valence-corrected chi connectivity index (χ2v) is 7.00. The largest absolute Gasteiger partial charge is 0.417 e. The molecule has 0 bridgehead atoms. The fourth-order valence-corrected chi connectivity index (χ4v) is 3.21. The Hall–Kier alpha value is -3.85. The van der Waals surface area contributed by atoms with E-state index < -0.39 is 22.6 Å². The van der Waals surface area contributed by atoms with Gasteiger partial charge in [0.1, 0.15) is 11.6 Å². The Bertz CT molecular complexity index is 1220. The van der Waals surface area contributed by atoms with Crippen molar-refractivity contribution in [2.45, 2.75) is 19.5 Å². The number of hydrogen-bond donors (Lipinski definition) is 3. The standard InChI is InChI=1S/C25H27F3N4O2/c1-5-10-17(8-4)30-22-16-20(34)23-19(25(26,27)28)15-21(29-13-9-14-33)31-24(23)32(22)18(11-6-2)12-7-3/h5-8,10-12,15-16,30,33H,1-2,4,9,13-14H2,3H3,(H,29,31)/b12-7-,17-10+,18-11+. The third-order valence-electron chi connectivity index (χ3n) is 4.59. The molecule has 0 saturated carbocycles. The lowest BCUT2D eigenvalue weighted by molar-refractivity contribution is -0.136. The smallest absolute Gasteiger partial charge is 0.396 e. The topological polar surface area (TPSA) is 79.2 Å². The zero-order chi connectivity index (χ0) is 25.3. The van der Waals surface area contributed by atoms with Gasteiger partial charge in [0.2, 0.25) is 0 Å². The highest BCUT2D eigenvalue weighted by Crippen LogP contribution is 2.36. The number of allylic oxidation sites excluding steroid dienone is 8. The van der Waals surface area contributed by atoms with Crippen LogP contribution in [0.3, 0.4) is 0 Å². The van der Waals surface area contributed by atoms with Crippen molar-refractivity contribution in [3.05, 3.63) is 95.9 Å². The number of aliphatic hydroxyl groups excluding tert-OH is 1. The molecule has 0 atom stereocenters. The minimum atomic E-state index is -4.81. The van der Waals surface area contributed by atoms with Crippen LogP contribution in [0, 0.1) is 0 Å². The van der Waals surface area contributed by atoms with Gasteiger partial charge in [0, 0.05) is 30.6 Å². The molecule has 0 unspecified atom stereocenters. The van der Waals surface area contributed by atoms with Crippen LogP contribution in [-0.4, -0.2) is 27.8 Å². The molecule has 0 radical (unpaired) electrons. The molecule has 0 aliphatic rings. The molecule has 2 aromatic heterocycles. The monoisotopic (exact) mass is 472 g/mol. The SMILES string of the molecule is C=C/C=C(\C=C)Nc1cc(=O)c2c(C(F)(F)F)cc(NCCCO)nc2n1C(/C=C\C)=C/C=C. The molecule has 0 aromatic carbocycles. The highest BCUT2D eigenvalue weighted by atomic mass is 19.4. The summed E-state index contributed by atoms with van der Waals surface area (Å²) in [5.74, 6) is 0.0902. The van der Waals surface area contributed by atoms with E-state index in [1.54, 1.807) is 31.2 Å². The van der Waals surface area contributed by atoms with Crippen LogP contribution in [0.15, 0.2) is 84.9 Å². The number of aliphatic hydroxyl groups is 1. The highest BCUT2D eigenvalue weighted by Gasteiger charge is 2.35. The van der Waals surface area contributed by atoms with Crippen LogP contribution in [0.2, 0.25) is 0 Å². The van der Waals surface area contributed by atoms with E-state index in [1.165, 1.54) is 22.8 Å². The van der Waals surface area contributed by atoms with Crippen LogP contribution in [0.5, 0.6) is 0 Å². The van der Waals surface area contributed by atoms with Gasteiger partial charge in [0.05, 0.1) is 10.9 Å². The predicted octanol–water partition coefficient (Wildman–Crippen LogP) is 5.48. The maximum absolute atomic E-state index is 14.0. The second-order valence-electron chi connectivity index (χ2n) is 7.00. The molecule has 180 valence electrons. The summed E-state index contributed by atoms with van der Waals surface area (Å²) in [4.78, 5) is 17.3. The first-order valence-corrected chi connectivity index (χ1v) is 10.4. The molecule has 6 nitrogen and oxygen atoms in total. The fourth-order valence-electron chi connectivity index (χ4n) is 3.21. The Morgan fingerprint density at radius 3 is 2.47 bits per heavy atom. The zero-order valence-electron chi connectivity index (χ0n) is 18.8. The summed E-state index contributed by atoms with van der Waals surface area (Å²) in [5.41, 5.74) is -1.28. The second kappa shape index (κ2) is 11.9. The molecule has 9 heteroatoms. The van der Waals surface area contributed by atoms with E-state index >= 15 is 0 Å². The molecule has 0 saturated heterocycles. The summed E-state index contributed by atoms with van der Waals surface area (Å²) >= 11 is 0. The Kier molecular flexibility index (Phi) is 9.20. The third kappa shape index (κ3) is 6.14. The maximum atomic E-state index is 14.0. The zero-order valence-corrected chi connectivity index (χ0v) is 18.8. The molecule has 0 amide bonds. The summed E-state index contributed by atoms with van der Waals surface area (Å²) in [7, 11) is 0. The van der Waals surface area contributed by atoms with Gasteiger partial charge in [-0.2, -0.15) is 13.2 Å². The van der Waals surface area contributed by atoms with Gasteiger partial charge in [-0.3, -0.25) is 9.36 Å². The number of aromatic nitrogens is 2. The van der Waals surface area contributed by atoms with Gasteiger partial charge in [-0.1, -0.05) is 38.0 Å². The van der Waals surface area contributed by atoms with Crippen LogP contribution >= 0.6 is 0 Å².